The number of ether oxygens (including phenoxy) is 1. The Hall–Kier alpha value is -2.14. The van der Waals surface area contributed by atoms with Gasteiger partial charge >= 0.3 is 0 Å². The molecular weight excluding hydrogens is 312 g/mol. The van der Waals surface area contributed by atoms with E-state index in [1.807, 2.05) is 6.07 Å². The first-order valence-corrected chi connectivity index (χ1v) is 9.01. The quantitative estimate of drug-likeness (QED) is 0.836. The van der Waals surface area contributed by atoms with Crippen molar-refractivity contribution in [2.24, 2.45) is 0 Å². The number of methoxy groups -OCH3 is 1. The number of benzene rings is 1. The lowest BCUT2D eigenvalue weighted by molar-refractivity contribution is 0.249. The van der Waals surface area contributed by atoms with E-state index in [0.29, 0.717) is 5.92 Å². The number of nitrogens with zero attached hydrogens (tertiary/aromatic N) is 4. The highest BCUT2D eigenvalue weighted by atomic mass is 16.5. The summed E-state index contributed by atoms with van der Waals surface area (Å²) in [5.41, 5.74) is 2.35. The summed E-state index contributed by atoms with van der Waals surface area (Å²) < 4.78 is 5.32. The molecule has 0 spiro atoms. The van der Waals surface area contributed by atoms with Crippen molar-refractivity contribution in [3.8, 4) is 5.75 Å². The zero-order valence-electron chi connectivity index (χ0n) is 15.7. The zero-order valence-corrected chi connectivity index (χ0v) is 15.7. The minimum absolute atomic E-state index is 0.355. The second-order valence-electron chi connectivity index (χ2n) is 7.00. The van der Waals surface area contributed by atoms with Gasteiger partial charge in [0.2, 0.25) is 0 Å². The SMILES string of the molecule is COc1cccc(CN2CCN(c3cc(C)nc(C(C)C)n3)CC2)c1. The molecule has 0 aliphatic carbocycles. The molecule has 2 aromatic rings. The molecule has 0 saturated carbocycles. The lowest BCUT2D eigenvalue weighted by atomic mass is 10.2. The Bertz CT molecular complexity index is 709. The molecule has 1 aromatic heterocycles. The maximum absolute atomic E-state index is 5.32. The molecule has 0 bridgehead atoms. The number of aryl methyl sites for hydroxylation is 1. The average molecular weight is 340 g/mol. The molecule has 5 nitrogen and oxygen atoms in total. The molecule has 2 heterocycles. The minimum Gasteiger partial charge on any atom is -0.497 e. The summed E-state index contributed by atoms with van der Waals surface area (Å²) in [6, 6.07) is 10.4. The van der Waals surface area contributed by atoms with Crippen LogP contribution < -0.4 is 9.64 Å². The molecule has 0 atom stereocenters. The third kappa shape index (κ3) is 4.48. The van der Waals surface area contributed by atoms with Crippen molar-refractivity contribution in [3.05, 3.63) is 47.4 Å². The van der Waals surface area contributed by atoms with Crippen molar-refractivity contribution in [2.75, 3.05) is 38.2 Å². The summed E-state index contributed by atoms with van der Waals surface area (Å²) in [5.74, 6) is 3.29. The van der Waals surface area contributed by atoms with Crippen LogP contribution >= 0.6 is 0 Å². The van der Waals surface area contributed by atoms with Gasteiger partial charge in [0, 0.05) is 50.4 Å². The summed E-state index contributed by atoms with van der Waals surface area (Å²) in [4.78, 5) is 14.2. The highest BCUT2D eigenvalue weighted by Gasteiger charge is 2.19. The Balaban J connectivity index is 1.62. The summed E-state index contributed by atoms with van der Waals surface area (Å²) >= 11 is 0. The van der Waals surface area contributed by atoms with Gasteiger partial charge < -0.3 is 9.64 Å². The maximum Gasteiger partial charge on any atom is 0.133 e. The van der Waals surface area contributed by atoms with Crippen LogP contribution in [0, 0.1) is 6.92 Å². The van der Waals surface area contributed by atoms with Crippen LogP contribution in [0.15, 0.2) is 30.3 Å². The van der Waals surface area contributed by atoms with Gasteiger partial charge in [-0.3, -0.25) is 4.90 Å². The maximum atomic E-state index is 5.32. The number of hydrogen-bond acceptors (Lipinski definition) is 5. The first-order chi connectivity index (χ1) is 12.0. The van der Waals surface area contributed by atoms with Crippen molar-refractivity contribution in [1.29, 1.82) is 0 Å². The van der Waals surface area contributed by atoms with Crippen LogP contribution in [0.2, 0.25) is 0 Å². The topological polar surface area (TPSA) is 41.5 Å². The molecule has 0 unspecified atom stereocenters. The van der Waals surface area contributed by atoms with E-state index in [4.69, 9.17) is 9.72 Å². The fourth-order valence-corrected chi connectivity index (χ4v) is 3.16. The van der Waals surface area contributed by atoms with Crippen LogP contribution in [0.5, 0.6) is 5.75 Å². The monoisotopic (exact) mass is 340 g/mol. The van der Waals surface area contributed by atoms with Crippen LogP contribution in [0.3, 0.4) is 0 Å². The average Bonchev–Trinajstić information content (AvgIpc) is 2.62. The van der Waals surface area contributed by atoms with Crippen molar-refractivity contribution < 1.29 is 4.74 Å². The molecule has 3 rings (SSSR count). The van der Waals surface area contributed by atoms with Gasteiger partial charge in [-0.15, -0.1) is 0 Å². The van der Waals surface area contributed by atoms with Gasteiger partial charge in [-0.2, -0.15) is 0 Å². The normalized spacial score (nSPS) is 15.6. The van der Waals surface area contributed by atoms with Crippen LogP contribution in [-0.2, 0) is 6.54 Å². The Labute approximate surface area is 150 Å². The molecule has 0 N–H and O–H groups in total. The Morgan fingerprint density at radius 2 is 1.84 bits per heavy atom. The van der Waals surface area contributed by atoms with E-state index in [-0.39, 0.29) is 0 Å². The molecule has 1 fully saturated rings. The molecule has 25 heavy (non-hydrogen) atoms. The zero-order chi connectivity index (χ0) is 17.8. The molecular formula is C20H28N4O. The smallest absolute Gasteiger partial charge is 0.133 e. The first-order valence-electron chi connectivity index (χ1n) is 9.01. The third-order valence-electron chi connectivity index (χ3n) is 4.61. The number of piperazine rings is 1. The van der Waals surface area contributed by atoms with Gasteiger partial charge in [-0.05, 0) is 24.6 Å². The van der Waals surface area contributed by atoms with Gasteiger partial charge in [-0.25, -0.2) is 9.97 Å². The summed E-state index contributed by atoms with van der Waals surface area (Å²) in [7, 11) is 1.72. The van der Waals surface area contributed by atoms with Gasteiger partial charge in [0.05, 0.1) is 7.11 Å². The van der Waals surface area contributed by atoms with Crippen molar-refractivity contribution in [2.45, 2.75) is 33.2 Å². The Morgan fingerprint density at radius 1 is 1.08 bits per heavy atom. The molecule has 0 amide bonds. The second kappa shape index (κ2) is 7.83. The van der Waals surface area contributed by atoms with Crippen LogP contribution in [0.4, 0.5) is 5.82 Å². The molecule has 1 saturated heterocycles. The molecule has 1 aliphatic rings. The van der Waals surface area contributed by atoms with E-state index >= 15 is 0 Å². The number of aromatic nitrogens is 2. The van der Waals surface area contributed by atoms with Crippen molar-refractivity contribution in [1.82, 2.24) is 14.9 Å². The van der Waals surface area contributed by atoms with E-state index in [1.54, 1.807) is 7.11 Å². The first kappa shape index (κ1) is 17.7. The Morgan fingerprint density at radius 3 is 2.52 bits per heavy atom. The van der Waals surface area contributed by atoms with E-state index in [9.17, 15) is 0 Å². The van der Waals surface area contributed by atoms with E-state index in [2.05, 4.69) is 59.8 Å². The van der Waals surface area contributed by atoms with Crippen LogP contribution in [-0.4, -0.2) is 48.2 Å². The molecule has 1 aromatic carbocycles. The summed E-state index contributed by atoms with van der Waals surface area (Å²) in [5, 5.41) is 0. The van der Waals surface area contributed by atoms with Gasteiger partial charge in [-0.1, -0.05) is 26.0 Å². The van der Waals surface area contributed by atoms with Crippen molar-refractivity contribution in [3.63, 3.8) is 0 Å². The molecule has 1 aliphatic heterocycles. The van der Waals surface area contributed by atoms with Crippen LogP contribution in [0.25, 0.3) is 0 Å². The Kier molecular flexibility index (Phi) is 5.53. The number of anilines is 1. The highest BCUT2D eigenvalue weighted by Crippen LogP contribution is 2.20. The number of rotatable bonds is 5. The lowest BCUT2D eigenvalue weighted by Crippen LogP contribution is -2.46. The summed E-state index contributed by atoms with van der Waals surface area (Å²) in [6.45, 7) is 11.4. The highest BCUT2D eigenvalue weighted by molar-refractivity contribution is 5.40. The number of hydrogen-bond donors (Lipinski definition) is 0. The predicted octanol–water partition coefficient (Wildman–Crippen LogP) is 3.24. The van der Waals surface area contributed by atoms with Crippen molar-refractivity contribution >= 4 is 5.82 Å². The molecule has 5 heteroatoms. The van der Waals surface area contributed by atoms with E-state index in [1.165, 1.54) is 5.56 Å². The lowest BCUT2D eigenvalue weighted by Gasteiger charge is -2.35. The second-order valence-corrected chi connectivity index (χ2v) is 7.00. The third-order valence-corrected chi connectivity index (χ3v) is 4.61. The standard InChI is InChI=1S/C20H28N4O/c1-15(2)20-21-16(3)12-19(22-20)24-10-8-23(9-11-24)14-17-6-5-7-18(13-17)25-4/h5-7,12-13,15H,8-11,14H2,1-4H3. The van der Waals surface area contributed by atoms with Gasteiger partial charge in [0.25, 0.3) is 0 Å². The van der Waals surface area contributed by atoms with Gasteiger partial charge in [0.15, 0.2) is 0 Å². The molecule has 0 radical (unpaired) electrons. The van der Waals surface area contributed by atoms with Gasteiger partial charge in [0.1, 0.15) is 17.4 Å². The fourth-order valence-electron chi connectivity index (χ4n) is 3.16. The fraction of sp³-hybridized carbons (Fsp3) is 0.500. The van der Waals surface area contributed by atoms with Crippen LogP contribution in [0.1, 0.15) is 36.8 Å². The van der Waals surface area contributed by atoms with E-state index < -0.39 is 0 Å². The minimum atomic E-state index is 0.355. The van der Waals surface area contributed by atoms with E-state index in [0.717, 1.165) is 55.8 Å². The largest absolute Gasteiger partial charge is 0.497 e. The molecule has 134 valence electrons. The summed E-state index contributed by atoms with van der Waals surface area (Å²) in [6.07, 6.45) is 0. The predicted molar refractivity (Wildman–Crippen MR) is 101 cm³/mol.